The summed E-state index contributed by atoms with van der Waals surface area (Å²) < 4.78 is 12.4. The first-order chi connectivity index (χ1) is 17.2. The van der Waals surface area contributed by atoms with Crippen molar-refractivity contribution < 1.29 is 24.2 Å². The second-order valence-electron chi connectivity index (χ2n) is 8.08. The Labute approximate surface area is 221 Å². The summed E-state index contributed by atoms with van der Waals surface area (Å²) >= 11 is 4.83. The number of rotatable bonds is 7. The van der Waals surface area contributed by atoms with Crippen LogP contribution in [0.1, 0.15) is 32.6 Å². The number of hydrogen-bond donors (Lipinski definition) is 2. The molecule has 184 valence electrons. The van der Waals surface area contributed by atoms with Crippen molar-refractivity contribution in [3.63, 3.8) is 0 Å². The molecule has 3 aromatic rings. The molecule has 0 aromatic heterocycles. The Balaban J connectivity index is 1.47. The minimum Gasteiger partial charge on any atom is -0.493 e. The number of methoxy groups -OCH3 is 1. The van der Waals surface area contributed by atoms with E-state index in [2.05, 4.69) is 26.2 Å². The molecule has 0 bridgehead atoms. The fourth-order valence-corrected chi connectivity index (χ4v) is 4.61. The predicted octanol–water partition coefficient (Wildman–Crippen LogP) is 6.24. The number of aryl methyl sites for hydroxylation is 2. The molecule has 3 aromatic carbocycles. The number of amides is 1. The monoisotopic (exact) mass is 566 g/mol. The molecule has 9 heteroatoms. The Morgan fingerprint density at radius 1 is 1.08 bits per heavy atom. The van der Waals surface area contributed by atoms with Crippen LogP contribution in [0.2, 0.25) is 0 Å². The van der Waals surface area contributed by atoms with Crippen LogP contribution in [0.4, 0.5) is 5.69 Å². The molecule has 36 heavy (non-hydrogen) atoms. The molecular weight excluding hydrogens is 544 g/mol. The van der Waals surface area contributed by atoms with Crippen LogP contribution in [0.15, 0.2) is 69.0 Å². The standard InChI is InChI=1S/C27H23BrN2O5S/c1-15-10-20(11-16(2)24(15)28)29-27-30-25(31)23(36-27)13-18-6-9-21(22(12-18)34-3)35-14-17-4-7-19(8-5-17)26(32)33/h4-13H,14H2,1-3H3,(H,32,33)(H,29,30,31)/b23-13-. The van der Waals surface area contributed by atoms with E-state index in [4.69, 9.17) is 14.6 Å². The van der Waals surface area contributed by atoms with Crippen LogP contribution in [-0.2, 0) is 11.4 Å². The molecule has 1 heterocycles. The summed E-state index contributed by atoms with van der Waals surface area (Å²) in [5.41, 5.74) is 4.75. The number of nitrogens with one attached hydrogen (secondary N) is 1. The molecule has 1 amide bonds. The molecule has 1 aliphatic rings. The first-order valence-corrected chi connectivity index (χ1v) is 12.5. The summed E-state index contributed by atoms with van der Waals surface area (Å²) in [7, 11) is 1.55. The number of aliphatic imine (C=N–C) groups is 1. The molecular formula is C27H23BrN2O5S. The number of carboxylic acids is 1. The van der Waals surface area contributed by atoms with Gasteiger partial charge in [0.05, 0.1) is 23.3 Å². The van der Waals surface area contributed by atoms with Crippen LogP contribution in [-0.4, -0.2) is 29.3 Å². The first kappa shape index (κ1) is 25.5. The van der Waals surface area contributed by atoms with Gasteiger partial charge in [-0.05, 0) is 90.3 Å². The molecule has 0 saturated carbocycles. The first-order valence-electron chi connectivity index (χ1n) is 10.9. The zero-order chi connectivity index (χ0) is 25.8. The minimum absolute atomic E-state index is 0.214. The van der Waals surface area contributed by atoms with Gasteiger partial charge in [-0.1, -0.05) is 34.1 Å². The summed E-state index contributed by atoms with van der Waals surface area (Å²) in [4.78, 5) is 28.6. The highest BCUT2D eigenvalue weighted by molar-refractivity contribution is 9.10. The molecule has 4 rings (SSSR count). The highest BCUT2D eigenvalue weighted by Gasteiger charge is 2.24. The van der Waals surface area contributed by atoms with E-state index in [1.807, 2.05) is 32.0 Å². The molecule has 7 nitrogen and oxygen atoms in total. The Bertz CT molecular complexity index is 1380. The van der Waals surface area contributed by atoms with Crippen molar-refractivity contribution in [2.45, 2.75) is 20.5 Å². The van der Waals surface area contributed by atoms with Crippen molar-refractivity contribution in [3.05, 3.63) is 91.8 Å². The van der Waals surface area contributed by atoms with Gasteiger partial charge in [-0.2, -0.15) is 0 Å². The summed E-state index contributed by atoms with van der Waals surface area (Å²) in [5, 5.41) is 12.4. The second-order valence-corrected chi connectivity index (χ2v) is 9.90. The van der Waals surface area contributed by atoms with E-state index in [1.165, 1.54) is 23.9 Å². The van der Waals surface area contributed by atoms with Gasteiger partial charge in [0.2, 0.25) is 0 Å². The Morgan fingerprint density at radius 2 is 1.78 bits per heavy atom. The maximum absolute atomic E-state index is 12.5. The molecule has 0 atom stereocenters. The zero-order valence-corrected chi connectivity index (χ0v) is 22.2. The number of aromatic carboxylic acids is 1. The van der Waals surface area contributed by atoms with E-state index in [0.717, 1.165) is 32.4 Å². The third-order valence-corrected chi connectivity index (χ3v) is 7.54. The topological polar surface area (TPSA) is 97.2 Å². The van der Waals surface area contributed by atoms with Gasteiger partial charge < -0.3 is 19.9 Å². The Kier molecular flexibility index (Phi) is 7.81. The van der Waals surface area contributed by atoms with E-state index in [1.54, 1.807) is 37.5 Å². The number of carbonyl (C=O) groups excluding carboxylic acids is 1. The lowest BCUT2D eigenvalue weighted by Gasteiger charge is -2.11. The average molecular weight is 567 g/mol. The molecule has 1 saturated heterocycles. The van der Waals surface area contributed by atoms with Gasteiger partial charge >= 0.3 is 5.97 Å². The zero-order valence-electron chi connectivity index (χ0n) is 19.8. The summed E-state index contributed by atoms with van der Waals surface area (Å²) in [5.74, 6) is -0.133. The van der Waals surface area contributed by atoms with Gasteiger partial charge in [0.15, 0.2) is 16.7 Å². The van der Waals surface area contributed by atoms with E-state index in [0.29, 0.717) is 21.6 Å². The second kappa shape index (κ2) is 11.0. The number of thioether (sulfide) groups is 1. The van der Waals surface area contributed by atoms with Crippen LogP contribution in [0.3, 0.4) is 0 Å². The van der Waals surface area contributed by atoms with Gasteiger partial charge in [-0.15, -0.1) is 0 Å². The number of amidine groups is 1. The highest BCUT2D eigenvalue weighted by Crippen LogP contribution is 2.33. The maximum atomic E-state index is 12.5. The lowest BCUT2D eigenvalue weighted by Crippen LogP contribution is -2.19. The molecule has 0 unspecified atom stereocenters. The van der Waals surface area contributed by atoms with Gasteiger partial charge in [-0.3, -0.25) is 4.79 Å². The fourth-order valence-electron chi connectivity index (χ4n) is 3.53. The van der Waals surface area contributed by atoms with Crippen molar-refractivity contribution >= 4 is 56.5 Å². The SMILES string of the molecule is COc1cc(/C=C2\SC(=Nc3cc(C)c(Br)c(C)c3)NC2=O)ccc1OCc1ccc(C(=O)O)cc1. The molecule has 1 fully saturated rings. The van der Waals surface area contributed by atoms with Crippen LogP contribution >= 0.6 is 27.7 Å². The van der Waals surface area contributed by atoms with Crippen molar-refractivity contribution in [1.82, 2.24) is 5.32 Å². The van der Waals surface area contributed by atoms with Crippen LogP contribution < -0.4 is 14.8 Å². The van der Waals surface area contributed by atoms with Crippen molar-refractivity contribution in [3.8, 4) is 11.5 Å². The molecule has 1 aliphatic heterocycles. The predicted molar refractivity (Wildman–Crippen MR) is 145 cm³/mol. The molecule has 2 N–H and O–H groups in total. The van der Waals surface area contributed by atoms with E-state index < -0.39 is 5.97 Å². The molecule has 0 aliphatic carbocycles. The Hall–Kier alpha value is -3.56. The van der Waals surface area contributed by atoms with Gasteiger partial charge in [0.1, 0.15) is 6.61 Å². The molecule has 0 spiro atoms. The number of halogens is 1. The number of hydrogen-bond acceptors (Lipinski definition) is 6. The van der Waals surface area contributed by atoms with E-state index in [-0.39, 0.29) is 18.1 Å². The quantitative estimate of drug-likeness (QED) is 0.328. The average Bonchev–Trinajstić information content (AvgIpc) is 3.19. The number of carboxylic acid groups (broad SMARTS) is 1. The summed E-state index contributed by atoms with van der Waals surface area (Å²) in [6, 6.07) is 15.8. The van der Waals surface area contributed by atoms with Gasteiger partial charge in [0, 0.05) is 4.47 Å². The lowest BCUT2D eigenvalue weighted by atomic mass is 10.1. The fraction of sp³-hybridized carbons (Fsp3) is 0.148. The Morgan fingerprint density at radius 3 is 2.42 bits per heavy atom. The lowest BCUT2D eigenvalue weighted by molar-refractivity contribution is -0.115. The minimum atomic E-state index is -0.972. The van der Waals surface area contributed by atoms with Crippen LogP contribution in [0.5, 0.6) is 11.5 Å². The normalized spacial score (nSPS) is 15.3. The van der Waals surface area contributed by atoms with Crippen LogP contribution in [0, 0.1) is 13.8 Å². The van der Waals surface area contributed by atoms with Crippen molar-refractivity contribution in [2.24, 2.45) is 4.99 Å². The summed E-state index contributed by atoms with van der Waals surface area (Å²) in [6.07, 6.45) is 1.78. The number of nitrogens with zero attached hydrogens (tertiary/aromatic N) is 1. The van der Waals surface area contributed by atoms with E-state index in [9.17, 15) is 9.59 Å². The van der Waals surface area contributed by atoms with E-state index >= 15 is 0 Å². The third kappa shape index (κ3) is 5.98. The number of benzene rings is 3. The van der Waals surface area contributed by atoms with Gasteiger partial charge in [-0.25, -0.2) is 9.79 Å². The largest absolute Gasteiger partial charge is 0.493 e. The number of carbonyl (C=O) groups is 2. The smallest absolute Gasteiger partial charge is 0.335 e. The van der Waals surface area contributed by atoms with Crippen LogP contribution in [0.25, 0.3) is 6.08 Å². The molecule has 0 radical (unpaired) electrons. The van der Waals surface area contributed by atoms with Crippen molar-refractivity contribution in [1.29, 1.82) is 0 Å². The third-order valence-electron chi connectivity index (χ3n) is 5.38. The number of ether oxygens (including phenoxy) is 2. The summed E-state index contributed by atoms with van der Waals surface area (Å²) in [6.45, 7) is 4.26. The highest BCUT2D eigenvalue weighted by atomic mass is 79.9. The maximum Gasteiger partial charge on any atom is 0.335 e. The van der Waals surface area contributed by atoms with Crippen molar-refractivity contribution in [2.75, 3.05) is 7.11 Å². The van der Waals surface area contributed by atoms with Gasteiger partial charge in [0.25, 0.3) is 5.91 Å².